The molecule has 0 aliphatic rings. The summed E-state index contributed by atoms with van der Waals surface area (Å²) in [6, 6.07) is 0. The van der Waals surface area contributed by atoms with Gasteiger partial charge in [0.1, 0.15) is 0 Å². The number of hydrogen-bond acceptors (Lipinski definition) is 34. The van der Waals surface area contributed by atoms with Crippen molar-refractivity contribution in [1.82, 2.24) is 0 Å². The number of allylic oxidation sites excluding steroid dienone is 17. The summed E-state index contributed by atoms with van der Waals surface area (Å²) >= 11 is 0. The first kappa shape index (κ1) is 163. The van der Waals surface area contributed by atoms with Gasteiger partial charge in [0, 0.05) is 0 Å². The van der Waals surface area contributed by atoms with Crippen molar-refractivity contribution in [1.29, 1.82) is 0 Å². The summed E-state index contributed by atoms with van der Waals surface area (Å²) in [6.45, 7) is 33.8. The Morgan fingerprint density at radius 1 is 0.103 bits per heavy atom. The van der Waals surface area contributed by atoms with Gasteiger partial charge in [0.15, 0.2) is 0 Å². The monoisotopic (exact) mass is 1920 g/mol. The van der Waals surface area contributed by atoms with Crippen LogP contribution in [0.3, 0.4) is 0 Å². The highest BCUT2D eigenvalue weighted by molar-refractivity contribution is 5.82. The van der Waals surface area contributed by atoms with Gasteiger partial charge >= 0.3 is 0 Å². The quantitative estimate of drug-likeness (QED) is 0.0780. The molecule has 0 unspecified atom stereocenters. The zero-order valence-electron chi connectivity index (χ0n) is 83.1. The molecule has 0 fully saturated rings. The molecule has 0 atom stereocenters. The maximum atomic E-state index is 9.68. The minimum absolute atomic E-state index is 0.813. The third kappa shape index (κ3) is 337. The lowest BCUT2D eigenvalue weighted by atomic mass is 10.3. The molecule has 0 aliphatic carbocycles. The number of rotatable bonds is 51. The van der Waals surface area contributed by atoms with Gasteiger partial charge in [-0.15, -0.1) is 0 Å². The van der Waals surface area contributed by atoms with Crippen LogP contribution in [0.15, 0.2) is 207 Å². The van der Waals surface area contributed by atoms with Crippen molar-refractivity contribution in [3.63, 3.8) is 0 Å². The van der Waals surface area contributed by atoms with Crippen LogP contribution in [0.1, 0.15) is 336 Å². The Morgan fingerprint density at radius 2 is 0.140 bits per heavy atom. The molecule has 0 saturated heterocycles. The van der Waals surface area contributed by atoms with E-state index in [4.69, 9.17) is 0 Å². The molecule has 0 amide bonds. The Morgan fingerprint density at radius 3 is 0.162 bits per heavy atom. The predicted octanol–water partition coefficient (Wildman–Crippen LogP) is 1.57. The topological polar surface area (TPSA) is 682 Å². The molecular weight excluding hydrogens is 1770 g/mol. The normalized spacial score (nSPS) is 10.1. The van der Waals surface area contributed by atoms with Gasteiger partial charge in [-0.1, -0.05) is 330 Å². The second-order valence-corrected chi connectivity index (χ2v) is 25.7. The molecule has 0 aromatic rings. The first-order valence-corrected chi connectivity index (χ1v) is 45.0. The van der Waals surface area contributed by atoms with Crippen molar-refractivity contribution in [2.75, 3.05) is 0 Å². The summed E-state index contributed by atoms with van der Waals surface area (Å²) < 4.78 is 0. The van der Waals surface area contributed by atoms with Gasteiger partial charge in [0.25, 0.3) is 0 Å². The van der Waals surface area contributed by atoms with Crippen molar-refractivity contribution in [2.24, 2.45) is 0 Å². The third-order valence-electron chi connectivity index (χ3n) is 12.1. The van der Waals surface area contributed by atoms with Crippen LogP contribution in [-0.2, 0) is 81.5 Å². The van der Waals surface area contributed by atoms with Gasteiger partial charge in [-0.05, 0) is 212 Å². The van der Waals surface area contributed by atoms with Crippen molar-refractivity contribution >= 4 is 101 Å². The molecule has 34 nitrogen and oxygen atoms in total. The van der Waals surface area contributed by atoms with Gasteiger partial charge in [-0.25, -0.2) is 0 Å². The predicted molar refractivity (Wildman–Crippen MR) is 494 cm³/mol. The van der Waals surface area contributed by atoms with Gasteiger partial charge in [0.2, 0.25) is 0 Å². The SMILES string of the molecule is CCCC=CC(=O)[O-].CCCC=CC(=O)[O-].CCCC=CC(=O)[O-].CCCC=CC(=O)[O-].CCCC=CC(=O)[O-].CCCC=CC(=O)[O-].CCCC=CC(=O)[O-].CCCC=CC(=O)[O-].CCCC=CC(=O)[O-].CCCC=CC(=O)[O-].CCCC=CC(=O)[O-].CCCC=CC(=O)[O-].CCCC=CC(=O)[O-].CCCC=CC(=O)[O-].CCCC=CC(=O)[O-].CCCC=CC(=O)[O-].CCCC=CC(=O)[O-]. The summed E-state index contributed by atoms with van der Waals surface area (Å²) in [5.41, 5.74) is 0. The fourth-order valence-electron chi connectivity index (χ4n) is 5.89. The fourth-order valence-corrected chi connectivity index (χ4v) is 5.89. The smallest absolute Gasteiger partial charge is 0.0639 e. The summed E-state index contributed by atoms with van der Waals surface area (Å²) in [4.78, 5) is 164. The van der Waals surface area contributed by atoms with E-state index in [1.165, 1.54) is 0 Å². The van der Waals surface area contributed by atoms with Crippen LogP contribution in [0.25, 0.3) is 0 Å². The second kappa shape index (κ2) is 159. The van der Waals surface area contributed by atoms with E-state index in [0.717, 1.165) is 322 Å². The summed E-state index contributed by atoms with van der Waals surface area (Å²) in [5, 5.41) is 164. The van der Waals surface area contributed by atoms with Crippen LogP contribution >= 0.6 is 0 Å². The van der Waals surface area contributed by atoms with Crippen LogP contribution in [0.5, 0.6) is 0 Å². The maximum Gasteiger partial charge on any atom is 0.0639 e. The van der Waals surface area contributed by atoms with Crippen molar-refractivity contribution in [3.8, 4) is 0 Å². The first-order valence-electron chi connectivity index (χ1n) is 45.0. The Labute approximate surface area is 808 Å². The minimum Gasteiger partial charge on any atom is -0.545 e. The highest BCUT2D eigenvalue weighted by Gasteiger charge is 1.83. The average molecular weight is 1920 g/mol. The molecule has 0 spiro atoms. The van der Waals surface area contributed by atoms with E-state index in [0.29, 0.717) is 0 Å². The molecule has 0 saturated carbocycles. The lowest BCUT2D eigenvalue weighted by molar-refractivity contribution is -0.298. The standard InChI is InChI=1S/17C6H10O2/c17*1-2-3-4-5-6(7)8/h17*4-5H,2-3H2,1H3,(H,7,8)/p-17. The average Bonchev–Trinajstić information content (AvgIpc) is 1.29. The van der Waals surface area contributed by atoms with E-state index in [2.05, 4.69) is 0 Å². The summed E-state index contributed by atoms with van der Waals surface area (Å²) in [5.74, 6) is -18.9. The highest BCUT2D eigenvalue weighted by atomic mass is 16.4. The van der Waals surface area contributed by atoms with E-state index < -0.39 is 101 Å². The number of carboxylic acid groups (broad SMARTS) is 17. The third-order valence-corrected chi connectivity index (χ3v) is 12.1. The van der Waals surface area contributed by atoms with E-state index in [1.54, 1.807) is 103 Å². The Kier molecular flexibility index (Phi) is 190. The fraction of sp³-hybridized carbons (Fsp3) is 0.500. The van der Waals surface area contributed by atoms with E-state index in [1.807, 2.05) is 118 Å². The molecular formula is C102H153O34-17. The molecule has 34 heteroatoms. The number of carboxylic acids is 17. The van der Waals surface area contributed by atoms with Crippen LogP contribution < -0.4 is 86.8 Å². The molecule has 0 bridgehead atoms. The Hall–Kier alpha value is -13.4. The number of carbonyl (C=O) groups excluding carboxylic acids is 17. The Bertz CT molecular complexity index is 2510. The summed E-state index contributed by atoms with van der Waals surface area (Å²) in [6.07, 6.45) is 75.5. The zero-order valence-corrected chi connectivity index (χ0v) is 83.1. The molecule has 0 heterocycles. The van der Waals surface area contributed by atoms with Crippen LogP contribution in [0, 0.1) is 0 Å². The maximum absolute atomic E-state index is 9.68. The molecule has 0 rings (SSSR count). The summed E-state index contributed by atoms with van der Waals surface area (Å²) in [7, 11) is 0. The minimum atomic E-state index is -1.11. The van der Waals surface area contributed by atoms with Crippen LogP contribution in [0.4, 0.5) is 0 Å². The lowest BCUT2D eigenvalue weighted by Crippen LogP contribution is -2.18. The molecule has 0 aromatic carbocycles. The van der Waals surface area contributed by atoms with Gasteiger partial charge in [-0.3, -0.25) is 0 Å². The highest BCUT2D eigenvalue weighted by Crippen LogP contribution is 1.95. The first-order chi connectivity index (χ1) is 64.1. The van der Waals surface area contributed by atoms with Crippen LogP contribution in [0.2, 0.25) is 0 Å². The largest absolute Gasteiger partial charge is 0.545 e. The van der Waals surface area contributed by atoms with Gasteiger partial charge in [0.05, 0.1) is 101 Å². The van der Waals surface area contributed by atoms with Crippen molar-refractivity contribution in [2.45, 2.75) is 336 Å². The van der Waals surface area contributed by atoms with Gasteiger partial charge in [-0.2, -0.15) is 0 Å². The number of unbranched alkanes of at least 4 members (excludes halogenated alkanes) is 17. The molecule has 0 N–H and O–H groups in total. The molecule has 0 radical (unpaired) electrons. The lowest BCUT2D eigenvalue weighted by Gasteiger charge is -1.87. The Balaban J connectivity index is -0.0000000738. The number of hydrogen-bond donors (Lipinski definition) is 0. The molecule has 0 aliphatic heterocycles. The van der Waals surface area contributed by atoms with E-state index >= 15 is 0 Å². The number of aliphatic carboxylic acids is 17. The molecule has 0 aromatic heterocycles. The number of carbonyl (C=O) groups is 17. The van der Waals surface area contributed by atoms with E-state index in [-0.39, 0.29) is 0 Å². The zero-order chi connectivity index (χ0) is 109. The molecule has 782 valence electrons. The van der Waals surface area contributed by atoms with Crippen molar-refractivity contribution < 1.29 is 168 Å². The van der Waals surface area contributed by atoms with Crippen molar-refractivity contribution in [3.05, 3.63) is 207 Å². The van der Waals surface area contributed by atoms with E-state index in [9.17, 15) is 168 Å². The van der Waals surface area contributed by atoms with Crippen LogP contribution in [-0.4, -0.2) is 101 Å². The second-order valence-electron chi connectivity index (χ2n) is 25.7. The van der Waals surface area contributed by atoms with Gasteiger partial charge < -0.3 is 168 Å². The molecule has 136 heavy (non-hydrogen) atoms.